The van der Waals surface area contributed by atoms with E-state index in [9.17, 15) is 4.79 Å². The topological polar surface area (TPSA) is 41.1 Å². The van der Waals surface area contributed by atoms with Crippen molar-refractivity contribution >= 4 is 11.6 Å². The van der Waals surface area contributed by atoms with Gasteiger partial charge in [0.15, 0.2) is 0 Å². The Hall–Kier alpha value is -2.13. The van der Waals surface area contributed by atoms with Crippen LogP contribution in [0.1, 0.15) is 29.5 Å². The number of fused-ring (bicyclic) bond motifs is 1. The van der Waals surface area contributed by atoms with Gasteiger partial charge in [-0.05, 0) is 35.2 Å². The fourth-order valence-electron chi connectivity index (χ4n) is 2.78. The molecule has 1 unspecified atom stereocenters. The number of hydrogen-bond acceptors (Lipinski definition) is 2. The van der Waals surface area contributed by atoms with E-state index in [2.05, 4.69) is 41.8 Å². The van der Waals surface area contributed by atoms with Crippen LogP contribution in [0.2, 0.25) is 0 Å². The third-order valence-corrected chi connectivity index (χ3v) is 4.04. The maximum absolute atomic E-state index is 12.5. The standard InChI is InChI=1S/C18H20N2O/c1-2-13-7-9-15(10-8-13)20-18(21)17-12-19-11-14-5-3-4-6-16(14)17/h3-10,17,19H,2,11-12H2,1H3,(H,20,21). The predicted molar refractivity (Wildman–Crippen MR) is 85.3 cm³/mol. The molecule has 3 rings (SSSR count). The summed E-state index contributed by atoms with van der Waals surface area (Å²) in [6.07, 6.45) is 1.01. The minimum Gasteiger partial charge on any atom is -0.326 e. The molecule has 0 bridgehead atoms. The fourth-order valence-corrected chi connectivity index (χ4v) is 2.78. The van der Waals surface area contributed by atoms with E-state index in [0.29, 0.717) is 6.54 Å². The van der Waals surface area contributed by atoms with E-state index < -0.39 is 0 Å². The molecule has 0 radical (unpaired) electrons. The molecular formula is C18H20N2O. The molecule has 0 saturated carbocycles. The van der Waals surface area contributed by atoms with Gasteiger partial charge in [0.05, 0.1) is 5.92 Å². The Labute approximate surface area is 125 Å². The van der Waals surface area contributed by atoms with E-state index in [1.165, 1.54) is 11.1 Å². The highest BCUT2D eigenvalue weighted by atomic mass is 16.1. The smallest absolute Gasteiger partial charge is 0.233 e. The van der Waals surface area contributed by atoms with Crippen LogP contribution in [0.4, 0.5) is 5.69 Å². The average Bonchev–Trinajstić information content (AvgIpc) is 2.55. The summed E-state index contributed by atoms with van der Waals surface area (Å²) < 4.78 is 0. The normalized spacial score (nSPS) is 17.1. The summed E-state index contributed by atoms with van der Waals surface area (Å²) in [5, 5.41) is 6.34. The SMILES string of the molecule is CCc1ccc(NC(=O)C2CNCc3ccccc32)cc1. The first-order valence-corrected chi connectivity index (χ1v) is 7.46. The van der Waals surface area contributed by atoms with Crippen molar-refractivity contribution in [1.82, 2.24) is 5.32 Å². The van der Waals surface area contributed by atoms with Gasteiger partial charge in [0, 0.05) is 18.8 Å². The molecule has 2 aromatic rings. The van der Waals surface area contributed by atoms with E-state index in [1.807, 2.05) is 24.3 Å². The number of benzene rings is 2. The Morgan fingerprint density at radius 2 is 1.95 bits per heavy atom. The Morgan fingerprint density at radius 3 is 2.71 bits per heavy atom. The first-order valence-electron chi connectivity index (χ1n) is 7.46. The van der Waals surface area contributed by atoms with Crippen molar-refractivity contribution in [3.63, 3.8) is 0 Å². The van der Waals surface area contributed by atoms with Crippen LogP contribution in [-0.2, 0) is 17.8 Å². The molecule has 1 aliphatic heterocycles. The lowest BCUT2D eigenvalue weighted by Crippen LogP contribution is -2.35. The quantitative estimate of drug-likeness (QED) is 0.907. The minimum absolute atomic E-state index is 0.0545. The Balaban J connectivity index is 1.76. The highest BCUT2D eigenvalue weighted by Crippen LogP contribution is 2.25. The van der Waals surface area contributed by atoms with Crippen molar-refractivity contribution in [2.75, 3.05) is 11.9 Å². The van der Waals surface area contributed by atoms with Crippen LogP contribution in [0.15, 0.2) is 48.5 Å². The molecule has 0 aliphatic carbocycles. The molecule has 108 valence electrons. The Bertz CT molecular complexity index is 634. The van der Waals surface area contributed by atoms with Gasteiger partial charge in [0.2, 0.25) is 5.91 Å². The molecule has 0 fully saturated rings. The van der Waals surface area contributed by atoms with Gasteiger partial charge in [0.1, 0.15) is 0 Å². The summed E-state index contributed by atoms with van der Waals surface area (Å²) in [6, 6.07) is 16.2. The van der Waals surface area contributed by atoms with Gasteiger partial charge in [-0.2, -0.15) is 0 Å². The lowest BCUT2D eigenvalue weighted by atomic mass is 9.90. The third-order valence-electron chi connectivity index (χ3n) is 4.04. The van der Waals surface area contributed by atoms with Gasteiger partial charge >= 0.3 is 0 Å². The first-order chi connectivity index (χ1) is 10.3. The molecular weight excluding hydrogens is 260 g/mol. The van der Waals surface area contributed by atoms with Crippen molar-refractivity contribution < 1.29 is 4.79 Å². The molecule has 1 amide bonds. The summed E-state index contributed by atoms with van der Waals surface area (Å²) in [7, 11) is 0. The van der Waals surface area contributed by atoms with Crippen LogP contribution >= 0.6 is 0 Å². The van der Waals surface area contributed by atoms with Crippen molar-refractivity contribution in [2.24, 2.45) is 0 Å². The molecule has 3 nitrogen and oxygen atoms in total. The number of anilines is 1. The van der Waals surface area contributed by atoms with Crippen LogP contribution in [0.25, 0.3) is 0 Å². The highest BCUT2D eigenvalue weighted by Gasteiger charge is 2.25. The summed E-state index contributed by atoms with van der Waals surface area (Å²) >= 11 is 0. The van der Waals surface area contributed by atoms with Gasteiger partial charge < -0.3 is 10.6 Å². The molecule has 0 aromatic heterocycles. The number of carbonyl (C=O) groups is 1. The van der Waals surface area contributed by atoms with E-state index in [1.54, 1.807) is 0 Å². The summed E-state index contributed by atoms with van der Waals surface area (Å²) in [5.41, 5.74) is 4.49. The van der Waals surface area contributed by atoms with Gasteiger partial charge in [-0.15, -0.1) is 0 Å². The van der Waals surface area contributed by atoms with Crippen LogP contribution < -0.4 is 10.6 Å². The zero-order chi connectivity index (χ0) is 14.7. The molecule has 0 spiro atoms. The van der Waals surface area contributed by atoms with E-state index >= 15 is 0 Å². The average molecular weight is 280 g/mol. The van der Waals surface area contributed by atoms with Crippen molar-refractivity contribution in [2.45, 2.75) is 25.8 Å². The maximum atomic E-state index is 12.5. The Morgan fingerprint density at radius 1 is 1.19 bits per heavy atom. The largest absolute Gasteiger partial charge is 0.326 e. The van der Waals surface area contributed by atoms with Crippen molar-refractivity contribution in [1.29, 1.82) is 0 Å². The molecule has 21 heavy (non-hydrogen) atoms. The number of carbonyl (C=O) groups excluding carboxylic acids is 1. The molecule has 1 atom stereocenters. The number of nitrogens with one attached hydrogen (secondary N) is 2. The van der Waals surface area contributed by atoms with Crippen molar-refractivity contribution in [3.8, 4) is 0 Å². The minimum atomic E-state index is -0.124. The van der Waals surface area contributed by atoms with Crippen LogP contribution in [-0.4, -0.2) is 12.5 Å². The van der Waals surface area contributed by atoms with Gasteiger partial charge in [-0.25, -0.2) is 0 Å². The van der Waals surface area contributed by atoms with Crippen LogP contribution in [0.3, 0.4) is 0 Å². The lowest BCUT2D eigenvalue weighted by molar-refractivity contribution is -0.117. The lowest BCUT2D eigenvalue weighted by Gasteiger charge is -2.25. The summed E-state index contributed by atoms with van der Waals surface area (Å²) in [6.45, 7) is 3.65. The number of rotatable bonds is 3. The maximum Gasteiger partial charge on any atom is 0.233 e. The second kappa shape index (κ2) is 6.10. The van der Waals surface area contributed by atoms with Crippen molar-refractivity contribution in [3.05, 3.63) is 65.2 Å². The molecule has 0 saturated heterocycles. The molecule has 1 aliphatic rings. The first kappa shape index (κ1) is 13.8. The van der Waals surface area contributed by atoms with E-state index in [0.717, 1.165) is 24.2 Å². The molecule has 1 heterocycles. The highest BCUT2D eigenvalue weighted by molar-refractivity contribution is 5.96. The van der Waals surface area contributed by atoms with Crippen LogP contribution in [0, 0.1) is 0 Å². The zero-order valence-electron chi connectivity index (χ0n) is 12.2. The number of amides is 1. The summed E-state index contributed by atoms with van der Waals surface area (Å²) in [5.74, 6) is -0.0697. The second-order valence-corrected chi connectivity index (χ2v) is 5.42. The van der Waals surface area contributed by atoms with E-state index in [4.69, 9.17) is 0 Å². The fraction of sp³-hybridized carbons (Fsp3) is 0.278. The number of hydrogen-bond donors (Lipinski definition) is 2. The predicted octanol–water partition coefficient (Wildman–Crippen LogP) is 3.07. The van der Waals surface area contributed by atoms with Gasteiger partial charge in [-0.1, -0.05) is 43.3 Å². The number of aryl methyl sites for hydroxylation is 1. The van der Waals surface area contributed by atoms with E-state index in [-0.39, 0.29) is 11.8 Å². The third kappa shape index (κ3) is 2.98. The molecule has 2 N–H and O–H groups in total. The Kier molecular flexibility index (Phi) is 4.02. The summed E-state index contributed by atoms with van der Waals surface area (Å²) in [4.78, 5) is 12.5. The zero-order valence-corrected chi connectivity index (χ0v) is 12.2. The second-order valence-electron chi connectivity index (χ2n) is 5.42. The van der Waals surface area contributed by atoms with Crippen LogP contribution in [0.5, 0.6) is 0 Å². The molecule has 3 heteroatoms. The monoisotopic (exact) mass is 280 g/mol. The molecule has 2 aromatic carbocycles. The van der Waals surface area contributed by atoms with Gasteiger partial charge in [-0.3, -0.25) is 4.79 Å². The van der Waals surface area contributed by atoms with Gasteiger partial charge in [0.25, 0.3) is 0 Å².